The van der Waals surface area contributed by atoms with Gasteiger partial charge in [0.1, 0.15) is 0 Å². The number of nitrogens with one attached hydrogen (secondary N) is 2. The number of amides is 2. The van der Waals surface area contributed by atoms with Crippen molar-refractivity contribution < 1.29 is 23.5 Å². The van der Waals surface area contributed by atoms with Gasteiger partial charge in [-0.3, -0.25) is 14.9 Å². The van der Waals surface area contributed by atoms with Gasteiger partial charge in [-0.05, 0) is 36.8 Å². The van der Waals surface area contributed by atoms with Gasteiger partial charge in [0, 0.05) is 36.9 Å². The number of fused-ring (bicyclic) bond motifs is 1. The monoisotopic (exact) mass is 402 g/mol. The molecule has 0 saturated heterocycles. The van der Waals surface area contributed by atoms with E-state index in [2.05, 4.69) is 15.6 Å². The lowest BCUT2D eigenvalue weighted by molar-refractivity contribution is -0.114. The fourth-order valence-electron chi connectivity index (χ4n) is 2.95. The number of rotatable bonds is 7. The second-order valence-corrected chi connectivity index (χ2v) is 6.43. The van der Waals surface area contributed by atoms with E-state index in [1.165, 1.54) is 25.1 Å². The molecule has 9 heteroatoms. The van der Waals surface area contributed by atoms with Gasteiger partial charge in [0.05, 0.1) is 11.0 Å². The highest BCUT2D eigenvalue weighted by molar-refractivity contribution is 6.04. The summed E-state index contributed by atoms with van der Waals surface area (Å²) in [5.74, 6) is -0.576. The second-order valence-electron chi connectivity index (χ2n) is 6.43. The molecule has 0 spiro atoms. The van der Waals surface area contributed by atoms with Crippen LogP contribution in [-0.4, -0.2) is 33.1 Å². The lowest BCUT2D eigenvalue weighted by Gasteiger charge is -2.10. The average molecular weight is 402 g/mol. The number of carbonyl (C=O) groups excluding carboxylic acids is 2. The number of aliphatic hydroxyl groups excluding tert-OH is 1. The summed E-state index contributed by atoms with van der Waals surface area (Å²) < 4.78 is 27.5. The zero-order valence-corrected chi connectivity index (χ0v) is 15.7. The zero-order chi connectivity index (χ0) is 21.0. The van der Waals surface area contributed by atoms with Crippen molar-refractivity contribution in [3.05, 3.63) is 53.6 Å². The molecular formula is C20H20F2N4O3. The first-order valence-electron chi connectivity index (χ1n) is 8.97. The van der Waals surface area contributed by atoms with Gasteiger partial charge in [-0.15, -0.1) is 0 Å². The molecule has 0 aliphatic carbocycles. The molecule has 1 aromatic heterocycles. The van der Waals surface area contributed by atoms with Crippen LogP contribution >= 0.6 is 0 Å². The highest BCUT2D eigenvalue weighted by atomic mass is 19.3. The molecule has 7 nitrogen and oxygen atoms in total. The number of aryl methyl sites for hydroxylation is 1. The molecule has 0 saturated carbocycles. The molecular weight excluding hydrogens is 382 g/mol. The highest BCUT2D eigenvalue weighted by Gasteiger charge is 2.16. The van der Waals surface area contributed by atoms with E-state index in [9.17, 15) is 23.5 Å². The zero-order valence-electron chi connectivity index (χ0n) is 15.7. The summed E-state index contributed by atoms with van der Waals surface area (Å²) in [5, 5.41) is 14.5. The summed E-state index contributed by atoms with van der Waals surface area (Å²) >= 11 is 0. The van der Waals surface area contributed by atoms with Gasteiger partial charge in [-0.25, -0.2) is 13.8 Å². The van der Waals surface area contributed by atoms with Crippen LogP contribution in [0.1, 0.15) is 35.7 Å². The first-order chi connectivity index (χ1) is 13.9. The lowest BCUT2D eigenvalue weighted by Crippen LogP contribution is -2.16. The minimum absolute atomic E-state index is 0.0481. The largest absolute Gasteiger partial charge is 0.396 e. The molecule has 3 N–H and O–H groups in total. The summed E-state index contributed by atoms with van der Waals surface area (Å²) in [6, 6.07) is 10.3. The maximum Gasteiger partial charge on any atom is 0.263 e. The lowest BCUT2D eigenvalue weighted by atomic mass is 10.1. The Bertz CT molecular complexity index is 1050. The Kier molecular flexibility index (Phi) is 6.18. The smallest absolute Gasteiger partial charge is 0.263 e. The SMILES string of the molecule is CC(=O)Nc1ccc2c(c1)nc(NC(=O)c1cccc(C(F)F)c1)n2CCCO. The average Bonchev–Trinajstić information content (AvgIpc) is 3.02. The second kappa shape index (κ2) is 8.78. The minimum Gasteiger partial charge on any atom is -0.396 e. The minimum atomic E-state index is -2.68. The van der Waals surface area contributed by atoms with Crippen LogP contribution in [-0.2, 0) is 11.3 Å². The Balaban J connectivity index is 1.95. The van der Waals surface area contributed by atoms with Crippen LogP contribution in [0.3, 0.4) is 0 Å². The van der Waals surface area contributed by atoms with Gasteiger partial charge in [-0.2, -0.15) is 0 Å². The van der Waals surface area contributed by atoms with Crippen molar-refractivity contribution in [3.8, 4) is 0 Å². The molecule has 0 aliphatic heterocycles. The van der Waals surface area contributed by atoms with Crippen molar-refractivity contribution in [3.63, 3.8) is 0 Å². The van der Waals surface area contributed by atoms with Crippen LogP contribution in [0.25, 0.3) is 11.0 Å². The van der Waals surface area contributed by atoms with Gasteiger partial charge in [0.15, 0.2) is 0 Å². The van der Waals surface area contributed by atoms with Crippen LogP contribution in [0.15, 0.2) is 42.5 Å². The van der Waals surface area contributed by atoms with Crippen LogP contribution in [0.2, 0.25) is 0 Å². The third-order valence-electron chi connectivity index (χ3n) is 4.23. The maximum atomic E-state index is 12.9. The first-order valence-corrected chi connectivity index (χ1v) is 8.97. The number of nitrogens with zero attached hydrogens (tertiary/aromatic N) is 2. The number of hydrogen-bond donors (Lipinski definition) is 3. The normalized spacial score (nSPS) is 11.1. The number of carbonyl (C=O) groups is 2. The van der Waals surface area contributed by atoms with Crippen molar-refractivity contribution in [1.82, 2.24) is 9.55 Å². The van der Waals surface area contributed by atoms with E-state index in [4.69, 9.17) is 0 Å². The van der Waals surface area contributed by atoms with Crippen LogP contribution in [0, 0.1) is 0 Å². The van der Waals surface area contributed by atoms with Crippen molar-refractivity contribution >= 4 is 34.5 Å². The van der Waals surface area contributed by atoms with Gasteiger partial charge >= 0.3 is 0 Å². The summed E-state index contributed by atoms with van der Waals surface area (Å²) in [5.41, 5.74) is 1.63. The summed E-state index contributed by atoms with van der Waals surface area (Å²) in [6.45, 7) is 1.73. The molecule has 0 aliphatic rings. The van der Waals surface area contributed by atoms with Gasteiger partial charge in [0.2, 0.25) is 11.9 Å². The third-order valence-corrected chi connectivity index (χ3v) is 4.23. The molecule has 0 bridgehead atoms. The van der Waals surface area contributed by atoms with Crippen molar-refractivity contribution in [1.29, 1.82) is 0 Å². The van der Waals surface area contributed by atoms with Gasteiger partial charge < -0.3 is 15.0 Å². The Labute approximate surface area is 165 Å². The number of anilines is 2. The molecule has 3 aromatic rings. The number of benzene rings is 2. The standard InChI is InChI=1S/C20H20F2N4O3/c1-12(28)23-15-6-7-17-16(11-15)24-20(26(17)8-3-9-27)25-19(29)14-5-2-4-13(10-14)18(21)22/h2,4-7,10-11,18,27H,3,8-9H2,1H3,(H,23,28)(H,24,25,29). The quantitative estimate of drug-likeness (QED) is 0.563. The molecule has 0 fully saturated rings. The Morgan fingerprint density at radius 3 is 2.66 bits per heavy atom. The summed E-state index contributed by atoms with van der Waals surface area (Å²) in [6.07, 6.45) is -2.24. The van der Waals surface area contributed by atoms with Crippen LogP contribution in [0.4, 0.5) is 20.4 Å². The number of alkyl halides is 2. The van der Waals surface area contributed by atoms with E-state index < -0.39 is 12.3 Å². The molecule has 29 heavy (non-hydrogen) atoms. The fourth-order valence-corrected chi connectivity index (χ4v) is 2.95. The van der Waals surface area contributed by atoms with Gasteiger partial charge in [-0.1, -0.05) is 12.1 Å². The fraction of sp³-hybridized carbons (Fsp3) is 0.250. The van der Waals surface area contributed by atoms with E-state index in [0.717, 1.165) is 6.07 Å². The van der Waals surface area contributed by atoms with E-state index in [1.54, 1.807) is 22.8 Å². The molecule has 0 atom stereocenters. The molecule has 0 unspecified atom stereocenters. The molecule has 152 valence electrons. The Morgan fingerprint density at radius 1 is 1.17 bits per heavy atom. The molecule has 2 amide bonds. The highest BCUT2D eigenvalue weighted by Crippen LogP contribution is 2.25. The van der Waals surface area contributed by atoms with E-state index in [-0.39, 0.29) is 29.6 Å². The van der Waals surface area contributed by atoms with Crippen molar-refractivity contribution in [2.24, 2.45) is 0 Å². The predicted octanol–water partition coefficient (Wildman–Crippen LogP) is 3.57. The van der Waals surface area contributed by atoms with E-state index in [1.807, 2.05) is 0 Å². The summed E-state index contributed by atoms with van der Waals surface area (Å²) in [4.78, 5) is 28.3. The third kappa shape index (κ3) is 4.75. The van der Waals surface area contributed by atoms with E-state index >= 15 is 0 Å². The topological polar surface area (TPSA) is 96.3 Å². The first kappa shape index (κ1) is 20.4. The Morgan fingerprint density at radius 2 is 1.97 bits per heavy atom. The molecule has 2 aromatic carbocycles. The maximum absolute atomic E-state index is 12.9. The number of aromatic nitrogens is 2. The van der Waals surface area contributed by atoms with E-state index in [0.29, 0.717) is 29.7 Å². The number of hydrogen-bond acceptors (Lipinski definition) is 4. The van der Waals surface area contributed by atoms with Crippen LogP contribution < -0.4 is 10.6 Å². The number of imidazole rings is 1. The molecule has 0 radical (unpaired) electrons. The predicted molar refractivity (Wildman–Crippen MR) is 105 cm³/mol. The Hall–Kier alpha value is -3.33. The molecule has 3 rings (SSSR count). The summed E-state index contributed by atoms with van der Waals surface area (Å²) in [7, 11) is 0. The molecule has 1 heterocycles. The van der Waals surface area contributed by atoms with Gasteiger partial charge in [0.25, 0.3) is 12.3 Å². The number of halogens is 2. The van der Waals surface area contributed by atoms with Crippen molar-refractivity contribution in [2.45, 2.75) is 26.3 Å². The van der Waals surface area contributed by atoms with Crippen LogP contribution in [0.5, 0.6) is 0 Å². The van der Waals surface area contributed by atoms with Crippen molar-refractivity contribution in [2.75, 3.05) is 17.2 Å². The number of aliphatic hydroxyl groups is 1.